The Morgan fingerprint density at radius 3 is 2.21 bits per heavy atom. The van der Waals surface area contributed by atoms with Crippen LogP contribution in [0.25, 0.3) is 0 Å². The predicted molar refractivity (Wildman–Crippen MR) is 83.3 cm³/mol. The Bertz CT molecular complexity index is 468. The molecule has 4 aliphatic carbocycles. The monoisotopic (exact) mass is 319 g/mol. The van der Waals surface area contributed by atoms with Gasteiger partial charge in [0.15, 0.2) is 0 Å². The number of aryl methyl sites for hydroxylation is 1. The van der Waals surface area contributed by atoms with Gasteiger partial charge in [-0.25, -0.2) is 0 Å². The first-order chi connectivity index (χ1) is 9.19. The van der Waals surface area contributed by atoms with Crippen LogP contribution in [0.3, 0.4) is 0 Å². The highest BCUT2D eigenvalue weighted by molar-refractivity contribution is 9.10. The van der Waals surface area contributed by atoms with Crippen LogP contribution in [-0.4, -0.2) is 6.04 Å². The van der Waals surface area contributed by atoms with Gasteiger partial charge in [0.2, 0.25) is 0 Å². The fraction of sp³-hybridized carbons (Fsp3) is 0.647. The van der Waals surface area contributed by atoms with Gasteiger partial charge in [0.25, 0.3) is 0 Å². The van der Waals surface area contributed by atoms with Crippen molar-refractivity contribution in [1.29, 1.82) is 0 Å². The second-order valence-corrected chi connectivity index (χ2v) is 7.94. The lowest BCUT2D eigenvalue weighted by atomic mass is 9.54. The molecule has 0 saturated heterocycles. The molecular formula is C17H22BrN. The number of halogens is 1. The molecule has 1 aromatic rings. The zero-order chi connectivity index (χ0) is 13.0. The van der Waals surface area contributed by atoms with Crippen LogP contribution in [0.4, 0.5) is 5.69 Å². The van der Waals surface area contributed by atoms with E-state index < -0.39 is 0 Å². The van der Waals surface area contributed by atoms with Crippen molar-refractivity contribution in [2.75, 3.05) is 5.32 Å². The molecule has 0 aliphatic heterocycles. The number of hydrogen-bond acceptors (Lipinski definition) is 1. The number of hydrogen-bond donors (Lipinski definition) is 1. The van der Waals surface area contributed by atoms with Crippen LogP contribution in [-0.2, 0) is 0 Å². The molecule has 0 heterocycles. The van der Waals surface area contributed by atoms with Crippen LogP contribution in [0.5, 0.6) is 0 Å². The first-order valence-electron chi connectivity index (χ1n) is 7.71. The Balaban J connectivity index is 1.56. The van der Waals surface area contributed by atoms with E-state index in [0.29, 0.717) is 0 Å². The van der Waals surface area contributed by atoms with Crippen molar-refractivity contribution in [2.24, 2.45) is 23.7 Å². The third-order valence-corrected chi connectivity index (χ3v) is 6.33. The molecule has 19 heavy (non-hydrogen) atoms. The Labute approximate surface area is 124 Å². The van der Waals surface area contributed by atoms with E-state index in [1.165, 1.54) is 47.8 Å². The van der Waals surface area contributed by atoms with Gasteiger partial charge in [-0.1, -0.05) is 6.07 Å². The fourth-order valence-electron chi connectivity index (χ4n) is 5.08. The largest absolute Gasteiger partial charge is 0.381 e. The fourth-order valence-corrected chi connectivity index (χ4v) is 5.69. The Hall–Kier alpha value is -0.500. The van der Waals surface area contributed by atoms with Gasteiger partial charge in [-0.15, -0.1) is 0 Å². The smallest absolute Gasteiger partial charge is 0.0487 e. The Kier molecular flexibility index (Phi) is 2.91. The van der Waals surface area contributed by atoms with Crippen LogP contribution in [0, 0.1) is 30.6 Å². The molecule has 1 aromatic carbocycles. The summed E-state index contributed by atoms with van der Waals surface area (Å²) in [5.74, 6) is 3.98. The number of anilines is 1. The molecule has 0 amide bonds. The third-order valence-electron chi connectivity index (χ3n) is 5.67. The lowest BCUT2D eigenvalue weighted by Crippen LogP contribution is -2.51. The van der Waals surface area contributed by atoms with Gasteiger partial charge < -0.3 is 5.32 Å². The highest BCUT2D eigenvalue weighted by Gasteiger charge is 2.48. The van der Waals surface area contributed by atoms with E-state index in [1.807, 2.05) is 0 Å². The summed E-state index contributed by atoms with van der Waals surface area (Å²) in [7, 11) is 0. The lowest BCUT2D eigenvalue weighted by Gasteiger charge is -2.54. The van der Waals surface area contributed by atoms with Crippen molar-refractivity contribution in [2.45, 2.75) is 45.1 Å². The van der Waals surface area contributed by atoms with Crippen molar-refractivity contribution < 1.29 is 0 Å². The van der Waals surface area contributed by atoms with E-state index >= 15 is 0 Å². The SMILES string of the molecule is Cc1ccc(NC2C3CC4CC(C3)CC2C4)c(Br)c1. The molecule has 4 aliphatic rings. The molecule has 0 spiro atoms. The summed E-state index contributed by atoms with van der Waals surface area (Å²) in [4.78, 5) is 0. The van der Waals surface area contributed by atoms with Gasteiger partial charge in [-0.3, -0.25) is 0 Å². The molecule has 0 unspecified atom stereocenters. The minimum Gasteiger partial charge on any atom is -0.381 e. The molecular weight excluding hydrogens is 298 g/mol. The molecule has 1 nitrogen and oxygen atoms in total. The second kappa shape index (κ2) is 4.51. The van der Waals surface area contributed by atoms with E-state index in [0.717, 1.165) is 29.7 Å². The topological polar surface area (TPSA) is 12.0 Å². The van der Waals surface area contributed by atoms with Crippen molar-refractivity contribution in [3.8, 4) is 0 Å². The van der Waals surface area contributed by atoms with Crippen LogP contribution in [0.1, 0.15) is 37.7 Å². The quantitative estimate of drug-likeness (QED) is 0.809. The van der Waals surface area contributed by atoms with Crippen molar-refractivity contribution >= 4 is 21.6 Å². The van der Waals surface area contributed by atoms with Crippen LogP contribution in [0.2, 0.25) is 0 Å². The van der Waals surface area contributed by atoms with E-state index in [2.05, 4.69) is 46.4 Å². The first kappa shape index (κ1) is 12.3. The molecule has 0 aromatic heterocycles. The maximum absolute atomic E-state index is 3.87. The zero-order valence-electron chi connectivity index (χ0n) is 11.5. The van der Waals surface area contributed by atoms with Gasteiger partial charge >= 0.3 is 0 Å². The lowest BCUT2D eigenvalue weighted by molar-refractivity contribution is 0.00752. The van der Waals surface area contributed by atoms with Crippen molar-refractivity contribution in [3.05, 3.63) is 28.2 Å². The molecule has 0 radical (unpaired) electrons. The zero-order valence-corrected chi connectivity index (χ0v) is 13.1. The van der Waals surface area contributed by atoms with Gasteiger partial charge in [0.05, 0.1) is 0 Å². The van der Waals surface area contributed by atoms with Gasteiger partial charge in [-0.2, -0.15) is 0 Å². The molecule has 2 heteroatoms. The number of rotatable bonds is 2. The summed E-state index contributed by atoms with van der Waals surface area (Å²) < 4.78 is 1.22. The summed E-state index contributed by atoms with van der Waals surface area (Å²) in [6.07, 6.45) is 7.46. The van der Waals surface area contributed by atoms with Crippen molar-refractivity contribution in [1.82, 2.24) is 0 Å². The van der Waals surface area contributed by atoms with Crippen molar-refractivity contribution in [3.63, 3.8) is 0 Å². The summed E-state index contributed by atoms with van der Waals surface area (Å²) in [5.41, 5.74) is 2.62. The Morgan fingerprint density at radius 1 is 1.00 bits per heavy atom. The molecule has 4 fully saturated rings. The van der Waals surface area contributed by atoms with E-state index in [4.69, 9.17) is 0 Å². The van der Waals surface area contributed by atoms with Gasteiger partial charge in [-0.05, 0) is 96.3 Å². The standard InChI is InChI=1S/C17H22BrN/c1-10-2-3-16(15(18)4-10)19-17-13-6-11-5-12(8-13)9-14(17)7-11/h2-4,11-14,17,19H,5-9H2,1H3. The van der Waals surface area contributed by atoms with Crippen LogP contribution in [0.15, 0.2) is 22.7 Å². The average Bonchev–Trinajstić information content (AvgIpc) is 2.35. The van der Waals surface area contributed by atoms with E-state index in [1.54, 1.807) is 0 Å². The summed E-state index contributed by atoms with van der Waals surface area (Å²) in [6, 6.07) is 7.40. The molecule has 0 atom stereocenters. The number of nitrogens with one attached hydrogen (secondary N) is 1. The third kappa shape index (κ3) is 2.12. The van der Waals surface area contributed by atoms with Crippen LogP contribution < -0.4 is 5.32 Å². The minimum atomic E-state index is 0.729. The van der Waals surface area contributed by atoms with E-state index in [9.17, 15) is 0 Å². The van der Waals surface area contributed by atoms with Gasteiger partial charge in [0, 0.05) is 16.2 Å². The first-order valence-corrected chi connectivity index (χ1v) is 8.51. The summed E-state index contributed by atoms with van der Waals surface area (Å²) in [5, 5.41) is 3.87. The molecule has 4 bridgehead atoms. The highest BCUT2D eigenvalue weighted by atomic mass is 79.9. The van der Waals surface area contributed by atoms with Gasteiger partial charge in [0.1, 0.15) is 0 Å². The summed E-state index contributed by atoms with van der Waals surface area (Å²) in [6.45, 7) is 2.15. The number of benzene rings is 1. The Morgan fingerprint density at radius 2 is 1.63 bits per heavy atom. The maximum atomic E-state index is 3.87. The normalized spacial score (nSPS) is 39.6. The second-order valence-electron chi connectivity index (χ2n) is 7.08. The minimum absolute atomic E-state index is 0.729. The van der Waals surface area contributed by atoms with Crippen LogP contribution >= 0.6 is 15.9 Å². The van der Waals surface area contributed by atoms with E-state index in [-0.39, 0.29) is 0 Å². The molecule has 5 rings (SSSR count). The maximum Gasteiger partial charge on any atom is 0.0487 e. The molecule has 1 N–H and O–H groups in total. The molecule has 102 valence electrons. The summed E-state index contributed by atoms with van der Waals surface area (Å²) >= 11 is 3.71. The predicted octanol–water partition coefficient (Wildman–Crippen LogP) is 4.99. The average molecular weight is 320 g/mol. The highest BCUT2D eigenvalue weighted by Crippen LogP contribution is 2.54. The molecule has 4 saturated carbocycles.